The summed E-state index contributed by atoms with van der Waals surface area (Å²) in [5.41, 5.74) is 15.4. The number of hydrogen-bond acceptors (Lipinski definition) is 3. The van der Waals surface area contributed by atoms with Crippen molar-refractivity contribution in [2.45, 2.75) is 6.42 Å². The van der Waals surface area contributed by atoms with Crippen LogP contribution in [0.3, 0.4) is 0 Å². The standard InChI is InChI=1S/C15H12N3O2S/c16-14(19)12-3-1-2-11-10-5-4-9(18(21)15(17)20)6-8(10)7-13(11)12/h1-2,4-6,21H,7H2,(H2,16,19)(H2,17,20). The number of rotatable bonds is 2. The van der Waals surface area contributed by atoms with Gasteiger partial charge in [-0.1, -0.05) is 31.0 Å². The number of nitrogens with zero attached hydrogens (tertiary/aromatic N) is 1. The van der Waals surface area contributed by atoms with Crippen molar-refractivity contribution in [3.8, 4) is 11.1 Å². The second-order valence-corrected chi connectivity index (χ2v) is 5.18. The molecule has 2 aromatic rings. The van der Waals surface area contributed by atoms with Crippen LogP contribution in [0, 0.1) is 6.07 Å². The zero-order valence-electron chi connectivity index (χ0n) is 11.0. The number of amides is 3. The lowest BCUT2D eigenvalue weighted by molar-refractivity contribution is 0.0999. The quantitative estimate of drug-likeness (QED) is 0.631. The molecule has 105 valence electrons. The van der Waals surface area contributed by atoms with Crippen LogP contribution in [-0.2, 0) is 6.42 Å². The van der Waals surface area contributed by atoms with Crippen molar-refractivity contribution >= 4 is 30.4 Å². The van der Waals surface area contributed by atoms with Gasteiger partial charge in [0, 0.05) is 0 Å². The average Bonchev–Trinajstić information content (AvgIpc) is 2.83. The molecule has 4 N–H and O–H groups in total. The van der Waals surface area contributed by atoms with Gasteiger partial charge in [0.25, 0.3) is 0 Å². The SMILES string of the molecule is NC(=O)c1[c]ccc2c1Cc1cc(N(S)C(N)=O)ccc1-2. The minimum absolute atomic E-state index is 0.405. The van der Waals surface area contributed by atoms with Crippen molar-refractivity contribution in [2.75, 3.05) is 4.31 Å². The van der Waals surface area contributed by atoms with Gasteiger partial charge in [-0.05, 0) is 46.9 Å². The molecule has 0 atom stereocenters. The van der Waals surface area contributed by atoms with Gasteiger partial charge in [-0.2, -0.15) is 0 Å². The van der Waals surface area contributed by atoms with E-state index in [0.29, 0.717) is 17.7 Å². The maximum Gasteiger partial charge on any atom is 0.329 e. The Bertz CT molecular complexity index is 774. The summed E-state index contributed by atoms with van der Waals surface area (Å²) in [6.07, 6.45) is 0.564. The zero-order chi connectivity index (χ0) is 15.1. The minimum atomic E-state index is -0.653. The Morgan fingerprint density at radius 2 is 1.95 bits per heavy atom. The Balaban J connectivity index is 2.09. The lowest BCUT2D eigenvalue weighted by Gasteiger charge is -2.13. The van der Waals surface area contributed by atoms with Crippen LogP contribution >= 0.6 is 12.8 Å². The van der Waals surface area contributed by atoms with E-state index in [4.69, 9.17) is 11.5 Å². The molecule has 3 rings (SSSR count). The molecule has 0 heterocycles. The Labute approximate surface area is 127 Å². The molecule has 0 fully saturated rings. The van der Waals surface area contributed by atoms with E-state index in [1.807, 2.05) is 18.2 Å². The first-order valence-electron chi connectivity index (χ1n) is 6.24. The molecular weight excluding hydrogens is 286 g/mol. The molecule has 1 radical (unpaired) electrons. The molecule has 0 saturated carbocycles. The predicted molar refractivity (Wildman–Crippen MR) is 83.1 cm³/mol. The van der Waals surface area contributed by atoms with E-state index in [2.05, 4.69) is 18.9 Å². The van der Waals surface area contributed by atoms with Crippen LogP contribution in [-0.4, -0.2) is 11.9 Å². The van der Waals surface area contributed by atoms with Crippen LogP contribution in [0.1, 0.15) is 21.5 Å². The topological polar surface area (TPSA) is 89.4 Å². The van der Waals surface area contributed by atoms with E-state index < -0.39 is 11.9 Å². The lowest BCUT2D eigenvalue weighted by Crippen LogP contribution is -2.27. The summed E-state index contributed by atoms with van der Waals surface area (Å²) in [6.45, 7) is 0. The summed E-state index contributed by atoms with van der Waals surface area (Å²) >= 11 is 4.05. The van der Waals surface area contributed by atoms with Gasteiger partial charge < -0.3 is 11.5 Å². The maximum atomic E-state index is 11.5. The van der Waals surface area contributed by atoms with E-state index >= 15 is 0 Å². The summed E-state index contributed by atoms with van der Waals surface area (Å²) < 4.78 is 1.07. The first-order chi connectivity index (χ1) is 9.99. The highest BCUT2D eigenvalue weighted by Gasteiger charge is 2.24. The number of thiol groups is 1. The minimum Gasteiger partial charge on any atom is -0.366 e. The van der Waals surface area contributed by atoms with Gasteiger partial charge in [-0.25, -0.2) is 9.10 Å². The van der Waals surface area contributed by atoms with Crippen LogP contribution in [0.25, 0.3) is 11.1 Å². The van der Waals surface area contributed by atoms with Crippen molar-refractivity contribution in [1.82, 2.24) is 0 Å². The third-order valence-electron chi connectivity index (χ3n) is 3.55. The van der Waals surface area contributed by atoms with Gasteiger partial charge in [0.2, 0.25) is 5.91 Å². The van der Waals surface area contributed by atoms with Crippen molar-refractivity contribution in [3.63, 3.8) is 0 Å². The molecular formula is C15H12N3O2S. The Kier molecular flexibility index (Phi) is 3.10. The molecule has 21 heavy (non-hydrogen) atoms. The van der Waals surface area contributed by atoms with Crippen molar-refractivity contribution in [3.05, 3.63) is 53.1 Å². The Hall–Kier alpha value is -2.47. The molecule has 3 amide bonds. The highest BCUT2D eigenvalue weighted by molar-refractivity contribution is 7.82. The zero-order valence-corrected chi connectivity index (χ0v) is 11.9. The molecule has 0 unspecified atom stereocenters. The summed E-state index contributed by atoms with van der Waals surface area (Å²) in [4.78, 5) is 22.7. The molecule has 0 aromatic heterocycles. The normalized spacial score (nSPS) is 11.7. The van der Waals surface area contributed by atoms with E-state index in [-0.39, 0.29) is 0 Å². The number of anilines is 1. The van der Waals surface area contributed by atoms with E-state index in [0.717, 1.165) is 26.6 Å². The van der Waals surface area contributed by atoms with Gasteiger partial charge in [-0.3, -0.25) is 4.79 Å². The number of benzene rings is 2. The summed E-state index contributed by atoms with van der Waals surface area (Å²) in [6, 6.07) is 11.3. The van der Waals surface area contributed by atoms with Crippen molar-refractivity contribution < 1.29 is 9.59 Å². The fraction of sp³-hybridized carbons (Fsp3) is 0.0667. The molecule has 1 aliphatic carbocycles. The van der Waals surface area contributed by atoms with Gasteiger partial charge in [0.1, 0.15) is 0 Å². The number of fused-ring (bicyclic) bond motifs is 3. The van der Waals surface area contributed by atoms with Crippen molar-refractivity contribution in [1.29, 1.82) is 0 Å². The molecule has 6 heteroatoms. The average molecular weight is 298 g/mol. The number of carbonyl (C=O) groups excluding carboxylic acids is 2. The molecule has 0 bridgehead atoms. The number of nitrogens with two attached hydrogens (primary N) is 2. The van der Waals surface area contributed by atoms with Crippen LogP contribution in [0.4, 0.5) is 10.5 Å². The van der Waals surface area contributed by atoms with Crippen LogP contribution in [0.5, 0.6) is 0 Å². The van der Waals surface area contributed by atoms with Gasteiger partial charge in [0.05, 0.1) is 11.3 Å². The van der Waals surface area contributed by atoms with Crippen molar-refractivity contribution in [2.24, 2.45) is 11.5 Å². The first-order valence-corrected chi connectivity index (χ1v) is 6.64. The fourth-order valence-corrected chi connectivity index (χ4v) is 2.75. The maximum absolute atomic E-state index is 11.5. The van der Waals surface area contributed by atoms with Crippen LogP contribution < -0.4 is 15.8 Å². The summed E-state index contributed by atoms with van der Waals surface area (Å²) in [5.74, 6) is -0.493. The second-order valence-electron chi connectivity index (χ2n) is 4.78. The largest absolute Gasteiger partial charge is 0.366 e. The highest BCUT2D eigenvalue weighted by Crippen LogP contribution is 2.39. The monoisotopic (exact) mass is 298 g/mol. The number of urea groups is 1. The van der Waals surface area contributed by atoms with Gasteiger partial charge in [0.15, 0.2) is 0 Å². The molecule has 0 saturated heterocycles. The molecule has 5 nitrogen and oxygen atoms in total. The lowest BCUT2D eigenvalue weighted by atomic mass is 10.0. The fourth-order valence-electron chi connectivity index (χ4n) is 2.63. The molecule has 0 aliphatic heterocycles. The number of carbonyl (C=O) groups is 2. The third kappa shape index (κ3) is 2.13. The van der Waals surface area contributed by atoms with Gasteiger partial charge >= 0.3 is 6.03 Å². The predicted octanol–water partition coefficient (Wildman–Crippen LogP) is 1.89. The van der Waals surface area contributed by atoms with E-state index in [1.54, 1.807) is 12.1 Å². The van der Waals surface area contributed by atoms with Gasteiger partial charge in [-0.15, -0.1) is 0 Å². The highest BCUT2D eigenvalue weighted by atomic mass is 32.1. The van der Waals surface area contributed by atoms with Crippen LogP contribution in [0.15, 0.2) is 30.3 Å². The van der Waals surface area contributed by atoms with E-state index in [1.165, 1.54) is 0 Å². The first kappa shape index (κ1) is 13.5. The summed E-state index contributed by atoms with van der Waals surface area (Å²) in [7, 11) is 0. The number of primary amides is 2. The smallest absolute Gasteiger partial charge is 0.329 e. The Morgan fingerprint density at radius 1 is 1.19 bits per heavy atom. The number of hydrogen-bond donors (Lipinski definition) is 3. The molecule has 2 aromatic carbocycles. The molecule has 0 spiro atoms. The summed E-state index contributed by atoms with van der Waals surface area (Å²) in [5, 5.41) is 0. The van der Waals surface area contributed by atoms with E-state index in [9.17, 15) is 9.59 Å². The second kappa shape index (κ2) is 4.82. The van der Waals surface area contributed by atoms with Crippen LogP contribution in [0.2, 0.25) is 0 Å². The third-order valence-corrected chi connectivity index (χ3v) is 3.98. The molecule has 1 aliphatic rings. The Morgan fingerprint density at radius 3 is 2.62 bits per heavy atom.